The van der Waals surface area contributed by atoms with Gasteiger partial charge in [-0.3, -0.25) is 4.79 Å². The molecule has 0 radical (unpaired) electrons. The molecule has 3 aromatic rings. The van der Waals surface area contributed by atoms with Crippen LogP contribution in [0.2, 0.25) is 0 Å². The highest BCUT2D eigenvalue weighted by atomic mass is 16.2. The van der Waals surface area contributed by atoms with Crippen molar-refractivity contribution in [1.29, 1.82) is 0 Å². The van der Waals surface area contributed by atoms with Crippen LogP contribution in [-0.4, -0.2) is 20.9 Å². The van der Waals surface area contributed by atoms with Gasteiger partial charge in [-0.05, 0) is 36.6 Å². The number of carbonyl (C=O) groups excluding carboxylic acids is 1. The fourth-order valence-electron chi connectivity index (χ4n) is 2.56. The molecule has 3 N–H and O–H groups in total. The third-order valence-electron chi connectivity index (χ3n) is 3.91. The number of amides is 1. The van der Waals surface area contributed by atoms with Crippen molar-refractivity contribution in [3.8, 4) is 5.69 Å². The fourth-order valence-corrected chi connectivity index (χ4v) is 2.56. The summed E-state index contributed by atoms with van der Waals surface area (Å²) in [6.07, 6.45) is 0.821. The number of benzene rings is 2. The highest BCUT2D eigenvalue weighted by molar-refractivity contribution is 6.06. The third kappa shape index (κ3) is 2.86. The second-order valence-corrected chi connectivity index (χ2v) is 5.49. The number of rotatable bonds is 4. The molecular formula is C18H19N5O. The molecule has 122 valence electrons. The molecule has 0 atom stereocenters. The first-order chi connectivity index (χ1) is 11.6. The van der Waals surface area contributed by atoms with Crippen molar-refractivity contribution in [2.75, 3.05) is 11.1 Å². The molecule has 1 heterocycles. The summed E-state index contributed by atoms with van der Waals surface area (Å²) in [6.45, 7) is 3.99. The lowest BCUT2D eigenvalue weighted by Crippen LogP contribution is -2.16. The highest BCUT2D eigenvalue weighted by Crippen LogP contribution is 2.20. The topological polar surface area (TPSA) is 85.8 Å². The molecule has 6 heteroatoms. The number of anilines is 2. The Morgan fingerprint density at radius 3 is 2.62 bits per heavy atom. The summed E-state index contributed by atoms with van der Waals surface area (Å²) in [5.41, 5.74) is 9.83. The Morgan fingerprint density at radius 1 is 1.17 bits per heavy atom. The van der Waals surface area contributed by atoms with E-state index < -0.39 is 0 Å². The maximum atomic E-state index is 12.5. The van der Waals surface area contributed by atoms with Crippen LogP contribution in [0, 0.1) is 6.92 Å². The Hall–Kier alpha value is -3.15. The zero-order valence-electron chi connectivity index (χ0n) is 13.7. The molecule has 0 saturated heterocycles. The summed E-state index contributed by atoms with van der Waals surface area (Å²) in [7, 11) is 0. The molecule has 0 saturated carbocycles. The van der Waals surface area contributed by atoms with Gasteiger partial charge in [-0.25, -0.2) is 0 Å². The van der Waals surface area contributed by atoms with Crippen molar-refractivity contribution < 1.29 is 4.79 Å². The summed E-state index contributed by atoms with van der Waals surface area (Å²) in [6, 6.07) is 15.3. The Labute approximate surface area is 140 Å². The summed E-state index contributed by atoms with van der Waals surface area (Å²) >= 11 is 0. The van der Waals surface area contributed by atoms with Gasteiger partial charge in [-0.1, -0.05) is 48.5 Å². The van der Waals surface area contributed by atoms with Crippen LogP contribution in [0.25, 0.3) is 5.69 Å². The molecule has 1 amide bonds. The van der Waals surface area contributed by atoms with E-state index in [2.05, 4.69) is 15.6 Å². The van der Waals surface area contributed by atoms with E-state index in [1.54, 1.807) is 0 Å². The van der Waals surface area contributed by atoms with Gasteiger partial charge in [0.15, 0.2) is 11.5 Å². The molecule has 0 aliphatic carbocycles. The Morgan fingerprint density at radius 2 is 1.88 bits per heavy atom. The quantitative estimate of drug-likeness (QED) is 0.773. The maximum absolute atomic E-state index is 12.5. The van der Waals surface area contributed by atoms with Gasteiger partial charge in [-0.2, -0.15) is 4.68 Å². The van der Waals surface area contributed by atoms with Crippen LogP contribution in [0.5, 0.6) is 0 Å². The number of nitrogens with zero attached hydrogens (tertiary/aromatic N) is 3. The number of aryl methyl sites for hydroxylation is 2. The third-order valence-corrected chi connectivity index (χ3v) is 3.91. The second kappa shape index (κ2) is 6.54. The highest BCUT2D eigenvalue weighted by Gasteiger charge is 2.19. The van der Waals surface area contributed by atoms with Crippen molar-refractivity contribution in [3.63, 3.8) is 0 Å². The predicted molar refractivity (Wildman–Crippen MR) is 94.3 cm³/mol. The molecule has 0 bridgehead atoms. The monoisotopic (exact) mass is 321 g/mol. The molecular weight excluding hydrogens is 302 g/mol. The first kappa shape index (κ1) is 15.7. The minimum atomic E-state index is -0.367. The molecule has 0 aliphatic rings. The van der Waals surface area contributed by atoms with Crippen molar-refractivity contribution >= 4 is 17.4 Å². The van der Waals surface area contributed by atoms with Crippen molar-refractivity contribution in [1.82, 2.24) is 15.0 Å². The first-order valence-corrected chi connectivity index (χ1v) is 7.78. The lowest BCUT2D eigenvalue weighted by atomic mass is 10.1. The lowest BCUT2D eigenvalue weighted by Gasteiger charge is -2.09. The number of nitrogens with two attached hydrogens (primary N) is 1. The number of hydrogen-bond donors (Lipinski definition) is 2. The van der Waals surface area contributed by atoms with Gasteiger partial charge in [0.05, 0.1) is 5.69 Å². The van der Waals surface area contributed by atoms with Crippen LogP contribution in [0.4, 0.5) is 11.5 Å². The molecule has 0 fully saturated rings. The molecule has 0 unspecified atom stereocenters. The largest absolute Gasteiger partial charge is 0.382 e. The standard InChI is InChI=1S/C18H19N5O/c1-3-13-9-5-6-10-14(13)20-18(24)16-17(19)23(22-21-16)15-11-7-4-8-12(15)2/h4-11H,3,19H2,1-2H3,(H,20,24). The number of para-hydroxylation sites is 2. The van der Waals surface area contributed by atoms with E-state index in [9.17, 15) is 4.79 Å². The lowest BCUT2D eigenvalue weighted by molar-refractivity contribution is 0.102. The van der Waals surface area contributed by atoms with Crippen LogP contribution >= 0.6 is 0 Å². The molecule has 6 nitrogen and oxygen atoms in total. The van der Waals surface area contributed by atoms with E-state index in [1.807, 2.05) is 62.4 Å². The van der Waals surface area contributed by atoms with Crippen LogP contribution in [-0.2, 0) is 6.42 Å². The number of aromatic nitrogens is 3. The zero-order valence-corrected chi connectivity index (χ0v) is 13.7. The fraction of sp³-hybridized carbons (Fsp3) is 0.167. The minimum absolute atomic E-state index is 0.115. The van der Waals surface area contributed by atoms with Crippen LogP contribution < -0.4 is 11.1 Å². The Kier molecular flexibility index (Phi) is 4.29. The van der Waals surface area contributed by atoms with Gasteiger partial charge in [0.2, 0.25) is 0 Å². The summed E-state index contributed by atoms with van der Waals surface area (Å²) < 4.78 is 1.48. The van der Waals surface area contributed by atoms with E-state index >= 15 is 0 Å². The average Bonchev–Trinajstić information content (AvgIpc) is 2.97. The molecule has 1 aromatic heterocycles. The number of nitrogen functional groups attached to an aromatic ring is 1. The van der Waals surface area contributed by atoms with Gasteiger partial charge >= 0.3 is 0 Å². The summed E-state index contributed by atoms with van der Waals surface area (Å²) in [4.78, 5) is 12.5. The Balaban J connectivity index is 1.91. The van der Waals surface area contributed by atoms with Crippen molar-refractivity contribution in [3.05, 3.63) is 65.4 Å². The summed E-state index contributed by atoms with van der Waals surface area (Å²) in [5.74, 6) is -0.149. The minimum Gasteiger partial charge on any atom is -0.382 e. The molecule has 3 rings (SSSR count). The van der Waals surface area contributed by atoms with E-state index in [-0.39, 0.29) is 17.4 Å². The molecule has 0 aliphatic heterocycles. The van der Waals surface area contributed by atoms with Crippen LogP contribution in [0.3, 0.4) is 0 Å². The maximum Gasteiger partial charge on any atom is 0.280 e. The smallest absolute Gasteiger partial charge is 0.280 e. The van der Waals surface area contributed by atoms with Gasteiger partial charge in [0, 0.05) is 5.69 Å². The second-order valence-electron chi connectivity index (χ2n) is 5.49. The molecule has 2 aromatic carbocycles. The number of hydrogen-bond acceptors (Lipinski definition) is 4. The molecule has 24 heavy (non-hydrogen) atoms. The Bertz CT molecular complexity index is 885. The van der Waals surface area contributed by atoms with E-state index in [0.29, 0.717) is 0 Å². The van der Waals surface area contributed by atoms with Crippen LogP contribution in [0.1, 0.15) is 28.5 Å². The van der Waals surface area contributed by atoms with Crippen LogP contribution in [0.15, 0.2) is 48.5 Å². The molecule has 0 spiro atoms. The van der Waals surface area contributed by atoms with E-state index in [1.165, 1.54) is 4.68 Å². The van der Waals surface area contributed by atoms with Crippen molar-refractivity contribution in [2.24, 2.45) is 0 Å². The number of nitrogens with one attached hydrogen (secondary N) is 1. The summed E-state index contributed by atoms with van der Waals surface area (Å²) in [5, 5.41) is 10.9. The van der Waals surface area contributed by atoms with E-state index in [4.69, 9.17) is 5.73 Å². The normalized spacial score (nSPS) is 10.6. The zero-order chi connectivity index (χ0) is 17.1. The van der Waals surface area contributed by atoms with Gasteiger partial charge < -0.3 is 11.1 Å². The van der Waals surface area contributed by atoms with Gasteiger partial charge in [-0.15, -0.1) is 5.10 Å². The van der Waals surface area contributed by atoms with Crippen molar-refractivity contribution in [2.45, 2.75) is 20.3 Å². The first-order valence-electron chi connectivity index (χ1n) is 7.78. The van der Waals surface area contributed by atoms with Gasteiger partial charge in [0.1, 0.15) is 0 Å². The number of carbonyl (C=O) groups is 1. The van der Waals surface area contributed by atoms with E-state index in [0.717, 1.165) is 28.9 Å². The van der Waals surface area contributed by atoms with Gasteiger partial charge in [0.25, 0.3) is 5.91 Å². The SMILES string of the molecule is CCc1ccccc1NC(=O)c1nnn(-c2ccccc2C)c1N. The average molecular weight is 321 g/mol. The predicted octanol–water partition coefficient (Wildman–Crippen LogP) is 2.97.